The van der Waals surface area contributed by atoms with Crippen LogP contribution in [0.15, 0.2) is 36.8 Å². The van der Waals surface area contributed by atoms with E-state index in [2.05, 4.69) is 35.4 Å². The van der Waals surface area contributed by atoms with Gasteiger partial charge >= 0.3 is 0 Å². The molecule has 0 aliphatic rings. The van der Waals surface area contributed by atoms with Crippen LogP contribution in [0, 0.1) is 0 Å². The number of nitrogens with zero attached hydrogens (tertiary/aromatic N) is 3. The van der Waals surface area contributed by atoms with Crippen molar-refractivity contribution in [2.45, 2.75) is 38.8 Å². The van der Waals surface area contributed by atoms with Crippen molar-refractivity contribution < 1.29 is 0 Å². The predicted molar refractivity (Wildman–Crippen MR) is 75.2 cm³/mol. The number of aromatic nitrogens is 3. The molecule has 2 aromatic heterocycles. The lowest BCUT2D eigenvalue weighted by Gasteiger charge is -2.19. The normalized spacial score (nSPS) is 12.8. The second kappa shape index (κ2) is 6.45. The van der Waals surface area contributed by atoms with Crippen molar-refractivity contribution in [2.75, 3.05) is 0 Å². The van der Waals surface area contributed by atoms with Crippen LogP contribution in [0.4, 0.5) is 0 Å². The average molecular weight is 259 g/mol. The van der Waals surface area contributed by atoms with Crippen LogP contribution in [0.1, 0.15) is 43.6 Å². The summed E-state index contributed by atoms with van der Waals surface area (Å²) >= 11 is 0. The molecule has 0 saturated carbocycles. The number of aryl methyl sites for hydroxylation is 1. The minimum Gasteiger partial charge on any atom is -0.271 e. The molecule has 0 radical (unpaired) electrons. The van der Waals surface area contributed by atoms with Gasteiger partial charge in [0.15, 0.2) is 0 Å². The zero-order valence-electron chi connectivity index (χ0n) is 11.5. The molecule has 0 saturated heterocycles. The van der Waals surface area contributed by atoms with Crippen molar-refractivity contribution in [3.05, 3.63) is 48.0 Å². The van der Waals surface area contributed by atoms with E-state index in [1.807, 2.05) is 29.2 Å². The first-order valence-electron chi connectivity index (χ1n) is 6.60. The van der Waals surface area contributed by atoms with Gasteiger partial charge in [0.05, 0.1) is 11.7 Å². The van der Waals surface area contributed by atoms with E-state index >= 15 is 0 Å². The molecule has 2 heterocycles. The highest BCUT2D eigenvalue weighted by atomic mass is 15.3. The second-order valence-electron chi connectivity index (χ2n) is 4.91. The number of rotatable bonds is 6. The summed E-state index contributed by atoms with van der Waals surface area (Å²) < 4.78 is 2.01. The summed E-state index contributed by atoms with van der Waals surface area (Å²) in [4.78, 5) is 4.13. The lowest BCUT2D eigenvalue weighted by atomic mass is 10.0. The summed E-state index contributed by atoms with van der Waals surface area (Å²) in [5.74, 6) is 5.69. The zero-order chi connectivity index (χ0) is 13.7. The number of hydrazine groups is 1. The van der Waals surface area contributed by atoms with Gasteiger partial charge in [0, 0.05) is 24.6 Å². The van der Waals surface area contributed by atoms with Crippen LogP contribution in [-0.4, -0.2) is 14.8 Å². The third-order valence-corrected chi connectivity index (χ3v) is 3.19. The molecule has 0 aromatic carbocycles. The maximum Gasteiger partial charge on any atom is 0.0632 e. The van der Waals surface area contributed by atoms with Gasteiger partial charge in [0.2, 0.25) is 0 Å². The van der Waals surface area contributed by atoms with Gasteiger partial charge in [0.1, 0.15) is 0 Å². The van der Waals surface area contributed by atoms with Gasteiger partial charge in [-0.1, -0.05) is 6.07 Å². The molecule has 5 nitrogen and oxygen atoms in total. The first-order valence-corrected chi connectivity index (χ1v) is 6.60. The zero-order valence-corrected chi connectivity index (χ0v) is 11.5. The fourth-order valence-electron chi connectivity index (χ4n) is 2.21. The standard InChI is InChI=1S/C14H21N5/c1-11(2)19-14(7-9-17-19)13(18-15)6-5-12-4-3-8-16-10-12/h3-4,7-11,13,18H,5-6,15H2,1-2H3. The van der Waals surface area contributed by atoms with E-state index in [0.29, 0.717) is 6.04 Å². The predicted octanol–water partition coefficient (Wildman–Crippen LogP) is 2.00. The highest BCUT2D eigenvalue weighted by molar-refractivity contribution is 5.12. The van der Waals surface area contributed by atoms with Crippen molar-refractivity contribution in [1.29, 1.82) is 0 Å². The molecule has 5 heteroatoms. The fourth-order valence-corrected chi connectivity index (χ4v) is 2.21. The average Bonchev–Trinajstić information content (AvgIpc) is 2.90. The molecule has 19 heavy (non-hydrogen) atoms. The Balaban J connectivity index is 2.06. The number of hydrogen-bond donors (Lipinski definition) is 2. The SMILES string of the molecule is CC(C)n1nccc1C(CCc1cccnc1)NN. The van der Waals surface area contributed by atoms with E-state index in [9.17, 15) is 0 Å². The van der Waals surface area contributed by atoms with E-state index in [-0.39, 0.29) is 6.04 Å². The summed E-state index contributed by atoms with van der Waals surface area (Å²) in [5.41, 5.74) is 5.24. The van der Waals surface area contributed by atoms with Crippen molar-refractivity contribution in [3.63, 3.8) is 0 Å². The van der Waals surface area contributed by atoms with Crippen LogP contribution < -0.4 is 11.3 Å². The van der Waals surface area contributed by atoms with Gasteiger partial charge in [-0.2, -0.15) is 5.10 Å². The molecule has 2 aromatic rings. The monoisotopic (exact) mass is 259 g/mol. The molecule has 3 N–H and O–H groups in total. The van der Waals surface area contributed by atoms with Crippen LogP contribution in [0.2, 0.25) is 0 Å². The summed E-state index contributed by atoms with van der Waals surface area (Å²) in [5, 5.41) is 4.35. The fraction of sp³-hybridized carbons (Fsp3) is 0.429. The van der Waals surface area contributed by atoms with Gasteiger partial charge in [-0.3, -0.25) is 20.9 Å². The van der Waals surface area contributed by atoms with Gasteiger partial charge in [0.25, 0.3) is 0 Å². The molecule has 2 rings (SSSR count). The Bertz CT molecular complexity index is 492. The van der Waals surface area contributed by atoms with Crippen molar-refractivity contribution >= 4 is 0 Å². The lowest BCUT2D eigenvalue weighted by Crippen LogP contribution is -2.30. The van der Waals surface area contributed by atoms with Crippen molar-refractivity contribution in [3.8, 4) is 0 Å². The van der Waals surface area contributed by atoms with E-state index in [1.54, 1.807) is 6.20 Å². The van der Waals surface area contributed by atoms with E-state index in [4.69, 9.17) is 5.84 Å². The first-order chi connectivity index (χ1) is 9.22. The summed E-state index contributed by atoms with van der Waals surface area (Å²) in [6.45, 7) is 4.23. The molecule has 0 fully saturated rings. The minimum absolute atomic E-state index is 0.102. The Morgan fingerprint density at radius 2 is 2.16 bits per heavy atom. The molecule has 1 unspecified atom stereocenters. The quantitative estimate of drug-likeness (QED) is 0.615. The smallest absolute Gasteiger partial charge is 0.0632 e. The topological polar surface area (TPSA) is 68.8 Å². The molecule has 102 valence electrons. The third-order valence-electron chi connectivity index (χ3n) is 3.19. The maximum atomic E-state index is 5.69. The Kier molecular flexibility index (Phi) is 4.65. The molecule has 0 aliphatic carbocycles. The molecule has 1 atom stereocenters. The van der Waals surface area contributed by atoms with E-state index in [0.717, 1.165) is 18.5 Å². The minimum atomic E-state index is 0.102. The number of nitrogens with one attached hydrogen (secondary N) is 1. The highest BCUT2D eigenvalue weighted by Crippen LogP contribution is 2.20. The van der Waals surface area contributed by atoms with Crippen molar-refractivity contribution in [1.82, 2.24) is 20.2 Å². The van der Waals surface area contributed by atoms with Crippen LogP contribution in [0.3, 0.4) is 0 Å². The molecular weight excluding hydrogens is 238 g/mol. The van der Waals surface area contributed by atoms with Crippen LogP contribution in [-0.2, 0) is 6.42 Å². The van der Waals surface area contributed by atoms with Gasteiger partial charge in [-0.05, 0) is 44.4 Å². The van der Waals surface area contributed by atoms with Crippen LogP contribution in [0.25, 0.3) is 0 Å². The summed E-state index contributed by atoms with van der Waals surface area (Å²) in [6, 6.07) is 6.50. The lowest BCUT2D eigenvalue weighted by molar-refractivity contribution is 0.433. The molecular formula is C14H21N5. The van der Waals surface area contributed by atoms with Gasteiger partial charge in [-0.15, -0.1) is 0 Å². The number of hydrogen-bond acceptors (Lipinski definition) is 4. The van der Waals surface area contributed by atoms with Crippen LogP contribution >= 0.6 is 0 Å². The Labute approximate surface area is 113 Å². The second-order valence-corrected chi connectivity index (χ2v) is 4.91. The molecule has 0 bridgehead atoms. The maximum absolute atomic E-state index is 5.69. The van der Waals surface area contributed by atoms with Crippen molar-refractivity contribution in [2.24, 2.45) is 5.84 Å². The number of nitrogens with two attached hydrogens (primary N) is 1. The Morgan fingerprint density at radius 3 is 2.79 bits per heavy atom. The van der Waals surface area contributed by atoms with Crippen LogP contribution in [0.5, 0.6) is 0 Å². The largest absolute Gasteiger partial charge is 0.271 e. The Hall–Kier alpha value is -1.72. The first kappa shape index (κ1) is 13.7. The highest BCUT2D eigenvalue weighted by Gasteiger charge is 2.16. The van der Waals surface area contributed by atoms with Gasteiger partial charge in [-0.25, -0.2) is 0 Å². The number of pyridine rings is 1. The van der Waals surface area contributed by atoms with E-state index in [1.165, 1.54) is 5.56 Å². The Morgan fingerprint density at radius 1 is 1.32 bits per heavy atom. The van der Waals surface area contributed by atoms with Gasteiger partial charge < -0.3 is 0 Å². The van der Waals surface area contributed by atoms with E-state index < -0.39 is 0 Å². The molecule has 0 amide bonds. The third kappa shape index (κ3) is 3.39. The summed E-state index contributed by atoms with van der Waals surface area (Å²) in [6.07, 6.45) is 7.36. The molecule has 0 spiro atoms. The molecule has 0 aliphatic heterocycles. The summed E-state index contributed by atoms with van der Waals surface area (Å²) in [7, 11) is 0.